The molecule has 0 bridgehead atoms. The highest BCUT2D eigenvalue weighted by molar-refractivity contribution is 5.87. The van der Waals surface area contributed by atoms with Gasteiger partial charge in [-0.2, -0.15) is 0 Å². The van der Waals surface area contributed by atoms with Crippen molar-refractivity contribution in [1.29, 1.82) is 0 Å². The van der Waals surface area contributed by atoms with Gasteiger partial charge < -0.3 is 15.5 Å². The Labute approximate surface area is 120 Å². The van der Waals surface area contributed by atoms with Crippen LogP contribution >= 0.6 is 0 Å². The summed E-state index contributed by atoms with van der Waals surface area (Å²) in [5.41, 5.74) is 1.10. The highest BCUT2D eigenvalue weighted by atomic mass is 16.2. The zero-order valence-corrected chi connectivity index (χ0v) is 11.9. The lowest BCUT2D eigenvalue weighted by atomic mass is 9.85. The van der Waals surface area contributed by atoms with E-state index in [1.54, 1.807) is 0 Å². The summed E-state index contributed by atoms with van der Waals surface area (Å²) in [6.07, 6.45) is 2.94. The molecule has 0 aromatic heterocycles. The lowest BCUT2D eigenvalue weighted by Gasteiger charge is -2.43. The molecule has 2 N–H and O–H groups in total. The van der Waals surface area contributed by atoms with Crippen molar-refractivity contribution in [2.75, 3.05) is 32.7 Å². The zero-order valence-electron chi connectivity index (χ0n) is 11.9. The van der Waals surface area contributed by atoms with Crippen LogP contribution in [0, 0.1) is 0 Å². The molecule has 108 valence electrons. The summed E-state index contributed by atoms with van der Waals surface area (Å²) in [6, 6.07) is 10.6. The lowest BCUT2D eigenvalue weighted by Crippen LogP contribution is -2.66. The van der Waals surface area contributed by atoms with Crippen molar-refractivity contribution < 1.29 is 4.79 Å². The maximum Gasteiger partial charge on any atom is 0.240 e. The van der Waals surface area contributed by atoms with E-state index < -0.39 is 0 Å². The largest absolute Gasteiger partial charge is 0.353 e. The Morgan fingerprint density at radius 1 is 1.10 bits per heavy atom. The molecule has 0 aliphatic carbocycles. The van der Waals surface area contributed by atoms with Crippen LogP contribution in [0.3, 0.4) is 0 Å². The molecule has 4 nitrogen and oxygen atoms in total. The van der Waals surface area contributed by atoms with Crippen molar-refractivity contribution in [2.24, 2.45) is 0 Å². The molecular weight excluding hydrogens is 250 g/mol. The number of rotatable bonds is 3. The number of piperidine rings is 1. The number of likely N-dealkylation sites (tertiary alicyclic amines) is 1. The van der Waals surface area contributed by atoms with Crippen LogP contribution in [0.25, 0.3) is 0 Å². The van der Waals surface area contributed by atoms with Crippen molar-refractivity contribution in [3.8, 4) is 0 Å². The molecule has 2 fully saturated rings. The van der Waals surface area contributed by atoms with Gasteiger partial charge in [-0.25, -0.2) is 0 Å². The monoisotopic (exact) mass is 273 g/mol. The number of hydrogen-bond acceptors (Lipinski definition) is 3. The number of benzene rings is 1. The number of amides is 1. The average Bonchev–Trinajstić information content (AvgIpc) is 2.51. The number of nitrogens with one attached hydrogen (secondary N) is 2. The van der Waals surface area contributed by atoms with Crippen LogP contribution in [0.4, 0.5) is 0 Å². The molecule has 0 unspecified atom stereocenters. The van der Waals surface area contributed by atoms with Crippen molar-refractivity contribution in [3.05, 3.63) is 35.9 Å². The van der Waals surface area contributed by atoms with E-state index in [1.807, 2.05) is 0 Å². The zero-order chi connectivity index (χ0) is 13.8. The first-order valence-corrected chi connectivity index (χ1v) is 7.58. The standard InChI is InChI=1S/C16H23N3O/c20-15-16(18-10-9-17-15)7-12-19(13-8-16)11-6-14-4-2-1-3-5-14/h1-5,18H,6-13H2,(H,17,20). The molecule has 1 amide bonds. The van der Waals surface area contributed by atoms with Gasteiger partial charge in [-0.1, -0.05) is 30.3 Å². The molecule has 2 aliphatic rings. The summed E-state index contributed by atoms with van der Waals surface area (Å²) in [4.78, 5) is 14.5. The summed E-state index contributed by atoms with van der Waals surface area (Å²) in [5.74, 6) is 0.200. The topological polar surface area (TPSA) is 44.4 Å². The Bertz CT molecular complexity index is 452. The molecule has 1 aromatic rings. The Morgan fingerprint density at radius 2 is 1.85 bits per heavy atom. The fourth-order valence-electron chi connectivity index (χ4n) is 3.22. The van der Waals surface area contributed by atoms with E-state index in [4.69, 9.17) is 0 Å². The minimum atomic E-state index is -0.290. The van der Waals surface area contributed by atoms with E-state index in [1.165, 1.54) is 5.56 Å². The van der Waals surface area contributed by atoms with E-state index in [2.05, 4.69) is 45.9 Å². The normalized spacial score (nSPS) is 22.7. The van der Waals surface area contributed by atoms with Gasteiger partial charge in [-0.05, 0) is 24.8 Å². The summed E-state index contributed by atoms with van der Waals surface area (Å²) in [6.45, 7) is 4.76. The minimum Gasteiger partial charge on any atom is -0.353 e. The van der Waals surface area contributed by atoms with Gasteiger partial charge in [0.25, 0.3) is 0 Å². The molecule has 1 aromatic carbocycles. The van der Waals surface area contributed by atoms with Gasteiger partial charge in [0, 0.05) is 32.7 Å². The second-order valence-corrected chi connectivity index (χ2v) is 5.84. The molecule has 1 spiro atoms. The van der Waals surface area contributed by atoms with E-state index in [0.29, 0.717) is 0 Å². The summed E-state index contributed by atoms with van der Waals surface area (Å²) in [7, 11) is 0. The van der Waals surface area contributed by atoms with Crippen molar-refractivity contribution in [1.82, 2.24) is 15.5 Å². The number of piperazine rings is 1. The number of carbonyl (C=O) groups is 1. The quantitative estimate of drug-likeness (QED) is 0.855. The Morgan fingerprint density at radius 3 is 2.55 bits per heavy atom. The molecule has 2 saturated heterocycles. The first-order chi connectivity index (χ1) is 9.78. The van der Waals surface area contributed by atoms with Crippen LogP contribution < -0.4 is 10.6 Å². The smallest absolute Gasteiger partial charge is 0.240 e. The lowest BCUT2D eigenvalue weighted by molar-refractivity contribution is -0.131. The Balaban J connectivity index is 1.50. The predicted octanol–water partition coefficient (Wildman–Crippen LogP) is 0.783. The molecular formula is C16H23N3O. The minimum absolute atomic E-state index is 0.200. The second-order valence-electron chi connectivity index (χ2n) is 5.84. The van der Waals surface area contributed by atoms with Gasteiger partial charge in [0.05, 0.1) is 0 Å². The van der Waals surface area contributed by atoms with Gasteiger partial charge in [0.15, 0.2) is 0 Å². The van der Waals surface area contributed by atoms with Crippen LogP contribution in [0.1, 0.15) is 18.4 Å². The van der Waals surface area contributed by atoms with E-state index in [9.17, 15) is 4.79 Å². The van der Waals surface area contributed by atoms with Crippen LogP contribution in [0.2, 0.25) is 0 Å². The first kappa shape index (κ1) is 13.6. The Kier molecular flexibility index (Phi) is 4.03. The summed E-state index contributed by atoms with van der Waals surface area (Å²) >= 11 is 0. The molecule has 2 heterocycles. The molecule has 2 aliphatic heterocycles. The predicted molar refractivity (Wildman–Crippen MR) is 79.6 cm³/mol. The van der Waals surface area contributed by atoms with Crippen LogP contribution in [0.15, 0.2) is 30.3 Å². The third kappa shape index (κ3) is 2.86. The van der Waals surface area contributed by atoms with Crippen molar-refractivity contribution in [2.45, 2.75) is 24.8 Å². The molecule has 20 heavy (non-hydrogen) atoms. The van der Waals surface area contributed by atoms with E-state index in [-0.39, 0.29) is 11.4 Å². The summed E-state index contributed by atoms with van der Waals surface area (Å²) < 4.78 is 0. The van der Waals surface area contributed by atoms with E-state index in [0.717, 1.165) is 52.0 Å². The molecule has 4 heteroatoms. The highest BCUT2D eigenvalue weighted by Gasteiger charge is 2.42. The van der Waals surface area contributed by atoms with Gasteiger partial charge in [0.2, 0.25) is 5.91 Å². The maximum atomic E-state index is 12.1. The second kappa shape index (κ2) is 5.94. The van der Waals surface area contributed by atoms with Gasteiger partial charge in [-0.3, -0.25) is 4.79 Å². The van der Waals surface area contributed by atoms with Gasteiger partial charge in [0.1, 0.15) is 5.54 Å². The fourth-order valence-corrected chi connectivity index (χ4v) is 3.22. The number of carbonyl (C=O) groups excluding carboxylic acids is 1. The number of hydrogen-bond donors (Lipinski definition) is 2. The van der Waals surface area contributed by atoms with Crippen LogP contribution in [-0.4, -0.2) is 49.1 Å². The first-order valence-electron chi connectivity index (χ1n) is 7.58. The molecule has 0 atom stereocenters. The fraction of sp³-hybridized carbons (Fsp3) is 0.562. The summed E-state index contributed by atoms with van der Waals surface area (Å²) in [5, 5.41) is 6.44. The van der Waals surface area contributed by atoms with Crippen LogP contribution in [0.5, 0.6) is 0 Å². The third-order valence-electron chi connectivity index (χ3n) is 4.58. The molecule has 0 saturated carbocycles. The van der Waals surface area contributed by atoms with Gasteiger partial charge in [-0.15, -0.1) is 0 Å². The van der Waals surface area contributed by atoms with Crippen molar-refractivity contribution in [3.63, 3.8) is 0 Å². The molecule has 3 rings (SSSR count). The van der Waals surface area contributed by atoms with E-state index >= 15 is 0 Å². The number of nitrogens with zero attached hydrogens (tertiary/aromatic N) is 1. The highest BCUT2D eigenvalue weighted by Crippen LogP contribution is 2.24. The third-order valence-corrected chi connectivity index (χ3v) is 4.58. The molecule has 0 radical (unpaired) electrons. The maximum absolute atomic E-state index is 12.1. The van der Waals surface area contributed by atoms with Crippen molar-refractivity contribution >= 4 is 5.91 Å². The SMILES string of the molecule is O=C1NCCNC12CCN(CCc1ccccc1)CC2. The average molecular weight is 273 g/mol. The Hall–Kier alpha value is -1.39. The van der Waals surface area contributed by atoms with Gasteiger partial charge >= 0.3 is 0 Å². The van der Waals surface area contributed by atoms with Crippen LogP contribution in [-0.2, 0) is 11.2 Å².